The number of benzene rings is 2. The number of anilines is 1. The van der Waals surface area contributed by atoms with Gasteiger partial charge in [0.25, 0.3) is 0 Å². The molecule has 0 fully saturated rings. The predicted molar refractivity (Wildman–Crippen MR) is 97.8 cm³/mol. The number of thiazole rings is 1. The van der Waals surface area contributed by atoms with E-state index in [2.05, 4.69) is 10.3 Å². The molecule has 3 aromatic rings. The third-order valence-electron chi connectivity index (χ3n) is 3.54. The van der Waals surface area contributed by atoms with Crippen LogP contribution in [0.4, 0.5) is 9.52 Å². The summed E-state index contributed by atoms with van der Waals surface area (Å²) >= 11 is 7.24. The van der Waals surface area contributed by atoms with E-state index in [-0.39, 0.29) is 22.9 Å². The standard InChI is InChI=1S/C18H14ClFN2O2S/c1-24-12-7-5-11(6-8-12)16-10-25-18(21-16)22-17(23)9-13-14(19)3-2-4-15(13)20/h2-8,10H,9H2,1H3,(H,21,22,23). The summed E-state index contributed by atoms with van der Waals surface area (Å²) in [5.74, 6) is -0.113. The van der Waals surface area contributed by atoms with E-state index in [0.29, 0.717) is 5.13 Å². The molecule has 1 heterocycles. The van der Waals surface area contributed by atoms with Gasteiger partial charge in [-0.1, -0.05) is 17.7 Å². The zero-order valence-electron chi connectivity index (χ0n) is 13.3. The van der Waals surface area contributed by atoms with E-state index in [4.69, 9.17) is 16.3 Å². The van der Waals surface area contributed by atoms with Crippen LogP contribution in [0.25, 0.3) is 11.3 Å². The second kappa shape index (κ2) is 7.63. The summed E-state index contributed by atoms with van der Waals surface area (Å²) in [6.45, 7) is 0. The second-order valence-electron chi connectivity index (χ2n) is 5.19. The average Bonchev–Trinajstić information content (AvgIpc) is 3.07. The van der Waals surface area contributed by atoms with E-state index >= 15 is 0 Å². The lowest BCUT2D eigenvalue weighted by Gasteiger charge is -2.05. The maximum atomic E-state index is 13.7. The molecule has 0 aliphatic carbocycles. The van der Waals surface area contributed by atoms with E-state index in [1.165, 1.54) is 23.5 Å². The van der Waals surface area contributed by atoms with Crippen LogP contribution in [0.5, 0.6) is 5.75 Å². The van der Waals surface area contributed by atoms with Gasteiger partial charge < -0.3 is 10.1 Å². The van der Waals surface area contributed by atoms with E-state index in [0.717, 1.165) is 17.0 Å². The fourth-order valence-electron chi connectivity index (χ4n) is 2.25. The predicted octanol–water partition coefficient (Wildman–Crippen LogP) is 4.79. The van der Waals surface area contributed by atoms with Gasteiger partial charge in [-0.15, -0.1) is 11.3 Å². The number of hydrogen-bond acceptors (Lipinski definition) is 4. The Bertz CT molecular complexity index is 876. The Morgan fingerprint density at radius 2 is 2.04 bits per heavy atom. The summed E-state index contributed by atoms with van der Waals surface area (Å²) in [5, 5.41) is 5.19. The number of halogens is 2. The molecule has 4 nitrogen and oxygen atoms in total. The van der Waals surface area contributed by atoms with Crippen molar-refractivity contribution in [2.75, 3.05) is 12.4 Å². The average molecular weight is 377 g/mol. The van der Waals surface area contributed by atoms with Crippen LogP contribution in [0.3, 0.4) is 0 Å². The van der Waals surface area contributed by atoms with Crippen LogP contribution < -0.4 is 10.1 Å². The molecule has 0 bridgehead atoms. The van der Waals surface area contributed by atoms with Gasteiger partial charge in [-0.2, -0.15) is 0 Å². The molecule has 1 aromatic heterocycles. The van der Waals surface area contributed by atoms with Gasteiger partial charge in [0.1, 0.15) is 11.6 Å². The van der Waals surface area contributed by atoms with Crippen molar-refractivity contribution in [2.24, 2.45) is 0 Å². The molecule has 1 amide bonds. The third-order valence-corrected chi connectivity index (χ3v) is 4.65. The van der Waals surface area contributed by atoms with Crippen molar-refractivity contribution >= 4 is 34.0 Å². The largest absolute Gasteiger partial charge is 0.497 e. The number of ether oxygens (including phenoxy) is 1. The second-order valence-corrected chi connectivity index (χ2v) is 6.46. The molecule has 0 spiro atoms. The highest BCUT2D eigenvalue weighted by atomic mass is 35.5. The molecule has 0 aliphatic heterocycles. The van der Waals surface area contributed by atoms with Gasteiger partial charge in [0.2, 0.25) is 5.91 Å². The fourth-order valence-corrected chi connectivity index (χ4v) is 3.22. The summed E-state index contributed by atoms with van der Waals surface area (Å²) in [4.78, 5) is 16.5. The lowest BCUT2D eigenvalue weighted by molar-refractivity contribution is -0.115. The number of aromatic nitrogens is 1. The Labute approximate surface area is 153 Å². The Kier molecular flexibility index (Phi) is 5.31. The minimum absolute atomic E-state index is 0.150. The first-order chi connectivity index (χ1) is 12.1. The summed E-state index contributed by atoms with van der Waals surface area (Å²) < 4.78 is 18.9. The fraction of sp³-hybridized carbons (Fsp3) is 0.111. The molecule has 128 valence electrons. The van der Waals surface area contributed by atoms with Crippen LogP contribution in [0.2, 0.25) is 5.02 Å². The van der Waals surface area contributed by atoms with Gasteiger partial charge in [-0.3, -0.25) is 4.79 Å². The number of carbonyl (C=O) groups excluding carboxylic acids is 1. The van der Waals surface area contributed by atoms with Crippen molar-refractivity contribution in [1.29, 1.82) is 0 Å². The van der Waals surface area contributed by atoms with E-state index in [9.17, 15) is 9.18 Å². The summed E-state index contributed by atoms with van der Waals surface area (Å²) in [6.07, 6.45) is -0.150. The number of amides is 1. The minimum Gasteiger partial charge on any atom is -0.497 e. The van der Waals surface area contributed by atoms with Crippen LogP contribution in [0, 0.1) is 5.82 Å². The molecular formula is C18H14ClFN2O2S. The number of nitrogens with one attached hydrogen (secondary N) is 1. The van der Waals surface area contributed by atoms with Crippen LogP contribution in [0.1, 0.15) is 5.56 Å². The molecular weight excluding hydrogens is 363 g/mol. The zero-order chi connectivity index (χ0) is 17.8. The Hall–Kier alpha value is -2.44. The highest BCUT2D eigenvalue weighted by Crippen LogP contribution is 2.27. The zero-order valence-corrected chi connectivity index (χ0v) is 14.8. The lowest BCUT2D eigenvalue weighted by Crippen LogP contribution is -2.15. The first-order valence-electron chi connectivity index (χ1n) is 7.39. The van der Waals surface area contributed by atoms with Crippen LogP contribution in [-0.2, 0) is 11.2 Å². The molecule has 7 heteroatoms. The molecule has 3 rings (SSSR count). The molecule has 0 unspecified atom stereocenters. The molecule has 0 radical (unpaired) electrons. The molecule has 0 saturated carbocycles. The van der Waals surface area contributed by atoms with Gasteiger partial charge >= 0.3 is 0 Å². The van der Waals surface area contributed by atoms with Crippen molar-refractivity contribution < 1.29 is 13.9 Å². The normalized spacial score (nSPS) is 10.5. The summed E-state index contributed by atoms with van der Waals surface area (Å²) in [5.41, 5.74) is 1.83. The molecule has 25 heavy (non-hydrogen) atoms. The molecule has 0 atom stereocenters. The van der Waals surface area contributed by atoms with Gasteiger partial charge in [-0.25, -0.2) is 9.37 Å². The molecule has 0 aliphatic rings. The lowest BCUT2D eigenvalue weighted by atomic mass is 10.1. The smallest absolute Gasteiger partial charge is 0.230 e. The monoisotopic (exact) mass is 376 g/mol. The van der Waals surface area contributed by atoms with Crippen LogP contribution in [-0.4, -0.2) is 18.0 Å². The summed E-state index contributed by atoms with van der Waals surface area (Å²) in [6, 6.07) is 11.8. The van der Waals surface area contributed by atoms with Crippen LogP contribution in [0.15, 0.2) is 47.8 Å². The number of nitrogens with zero attached hydrogens (tertiary/aromatic N) is 1. The van der Waals surface area contributed by atoms with Crippen molar-refractivity contribution in [3.63, 3.8) is 0 Å². The number of hydrogen-bond donors (Lipinski definition) is 1. The van der Waals surface area contributed by atoms with Crippen molar-refractivity contribution in [1.82, 2.24) is 4.98 Å². The quantitative estimate of drug-likeness (QED) is 0.696. The molecule has 1 N–H and O–H groups in total. The number of methoxy groups -OCH3 is 1. The van der Waals surface area contributed by atoms with Gasteiger partial charge in [0.15, 0.2) is 5.13 Å². The Morgan fingerprint density at radius 3 is 2.72 bits per heavy atom. The highest BCUT2D eigenvalue weighted by molar-refractivity contribution is 7.14. The van der Waals surface area contributed by atoms with Gasteiger partial charge in [0.05, 0.1) is 19.2 Å². The highest BCUT2D eigenvalue weighted by Gasteiger charge is 2.13. The van der Waals surface area contributed by atoms with Gasteiger partial charge in [0, 0.05) is 21.5 Å². The van der Waals surface area contributed by atoms with Gasteiger partial charge in [-0.05, 0) is 36.4 Å². The molecule has 0 saturated heterocycles. The number of rotatable bonds is 5. The Morgan fingerprint density at radius 1 is 1.28 bits per heavy atom. The van der Waals surface area contributed by atoms with E-state index in [1.807, 2.05) is 29.6 Å². The van der Waals surface area contributed by atoms with Crippen LogP contribution >= 0.6 is 22.9 Å². The maximum Gasteiger partial charge on any atom is 0.230 e. The first kappa shape index (κ1) is 17.4. The minimum atomic E-state index is -0.499. The summed E-state index contributed by atoms with van der Waals surface area (Å²) in [7, 11) is 1.60. The third kappa shape index (κ3) is 4.15. The number of carbonyl (C=O) groups is 1. The Balaban J connectivity index is 1.69. The SMILES string of the molecule is COc1ccc(-c2csc(NC(=O)Cc3c(F)cccc3Cl)n2)cc1. The van der Waals surface area contributed by atoms with Crippen molar-refractivity contribution in [3.8, 4) is 17.0 Å². The van der Waals surface area contributed by atoms with E-state index < -0.39 is 5.82 Å². The van der Waals surface area contributed by atoms with E-state index in [1.54, 1.807) is 13.2 Å². The first-order valence-corrected chi connectivity index (χ1v) is 8.65. The van der Waals surface area contributed by atoms with Crippen molar-refractivity contribution in [2.45, 2.75) is 6.42 Å². The molecule has 2 aromatic carbocycles. The maximum absolute atomic E-state index is 13.7. The van der Waals surface area contributed by atoms with Crippen molar-refractivity contribution in [3.05, 3.63) is 64.2 Å². The topological polar surface area (TPSA) is 51.2 Å².